The van der Waals surface area contributed by atoms with Gasteiger partial charge >= 0.3 is 0 Å². The van der Waals surface area contributed by atoms with E-state index in [1.165, 1.54) is 13.0 Å². The molecule has 3 amide bonds. The fourth-order valence-corrected chi connectivity index (χ4v) is 3.69. The first kappa shape index (κ1) is 15.5. The van der Waals surface area contributed by atoms with E-state index in [-0.39, 0.29) is 17.9 Å². The Balaban J connectivity index is 2.40. The van der Waals surface area contributed by atoms with Gasteiger partial charge in [-0.05, 0) is 64.2 Å². The Bertz CT molecular complexity index is 618. The predicted octanol–water partition coefficient (Wildman–Crippen LogP) is 1.09. The lowest BCUT2D eigenvalue weighted by molar-refractivity contribution is -0.138. The van der Waals surface area contributed by atoms with E-state index in [2.05, 4.69) is 5.32 Å². The maximum atomic E-state index is 12.5. The average Bonchev–Trinajstić information content (AvgIpc) is 2.37. The van der Waals surface area contributed by atoms with Gasteiger partial charge in [0.2, 0.25) is 11.8 Å². The topological polar surface area (TPSA) is 86.7 Å². The number of phenolic OH excluding ortho intramolecular Hbond substituents is 1. The number of phenols is 1. The van der Waals surface area contributed by atoms with Crippen LogP contribution in [0.5, 0.6) is 5.75 Å². The quantitative estimate of drug-likeness (QED) is 0.447. The van der Waals surface area contributed by atoms with Gasteiger partial charge in [-0.2, -0.15) is 0 Å². The molecule has 1 heterocycles. The van der Waals surface area contributed by atoms with Crippen LogP contribution in [-0.4, -0.2) is 40.3 Å². The van der Waals surface area contributed by atoms with E-state index in [1.807, 2.05) is 45.2 Å². The first-order valence-electron chi connectivity index (χ1n) is 5.64. The van der Waals surface area contributed by atoms with Gasteiger partial charge in [-0.25, -0.2) is 0 Å². The summed E-state index contributed by atoms with van der Waals surface area (Å²) in [5.41, 5.74) is 0.0932. The van der Waals surface area contributed by atoms with Crippen molar-refractivity contribution in [2.24, 2.45) is 0 Å². The number of hydrogen-bond donors (Lipinski definition) is 2. The zero-order valence-electron chi connectivity index (χ0n) is 10.3. The fourth-order valence-electron chi connectivity index (χ4n) is 1.85. The Morgan fingerprint density at radius 3 is 2.70 bits per heavy atom. The first-order valence-corrected chi connectivity index (χ1v) is 7.79. The summed E-state index contributed by atoms with van der Waals surface area (Å²) in [4.78, 5) is 36.6. The molecule has 0 aromatic heterocycles. The minimum absolute atomic E-state index is 0.0932. The van der Waals surface area contributed by atoms with Crippen LogP contribution in [0.2, 0.25) is 0 Å². The number of carbonyl (C=O) groups is 3. The minimum atomic E-state index is -0.755. The Morgan fingerprint density at radius 1 is 1.40 bits per heavy atom. The number of benzene rings is 1. The number of imide groups is 1. The molecule has 0 bridgehead atoms. The predicted molar refractivity (Wildman–Crippen MR) is 87.2 cm³/mol. The van der Waals surface area contributed by atoms with Crippen molar-refractivity contribution >= 4 is 62.9 Å². The number of rotatable bonds is 1. The molecule has 0 spiro atoms. The van der Waals surface area contributed by atoms with Crippen LogP contribution < -0.4 is 5.32 Å². The zero-order chi connectivity index (χ0) is 15.0. The second-order valence-electron chi connectivity index (χ2n) is 4.31. The first-order chi connectivity index (χ1) is 9.31. The number of piperazine rings is 1. The Labute approximate surface area is 142 Å². The molecule has 1 unspecified atom stereocenters. The van der Waals surface area contributed by atoms with Crippen LogP contribution in [0.1, 0.15) is 17.3 Å². The summed E-state index contributed by atoms with van der Waals surface area (Å²) in [6, 6.07) is 2.50. The molecule has 8 heteroatoms. The van der Waals surface area contributed by atoms with Gasteiger partial charge in [0.1, 0.15) is 18.3 Å². The highest BCUT2D eigenvalue weighted by molar-refractivity contribution is 14.1. The largest absolute Gasteiger partial charge is 0.506 e. The van der Waals surface area contributed by atoms with Gasteiger partial charge in [0.15, 0.2) is 0 Å². The molecule has 2 rings (SSSR count). The second kappa shape index (κ2) is 5.84. The van der Waals surface area contributed by atoms with Crippen LogP contribution in [-0.2, 0) is 9.59 Å². The van der Waals surface area contributed by atoms with E-state index >= 15 is 0 Å². The second-order valence-corrected chi connectivity index (χ2v) is 6.71. The molecule has 1 aromatic carbocycles. The van der Waals surface area contributed by atoms with Crippen LogP contribution in [0.4, 0.5) is 0 Å². The molecule has 0 radical (unpaired) electrons. The highest BCUT2D eigenvalue weighted by Crippen LogP contribution is 2.28. The number of nitrogens with one attached hydrogen (secondary N) is 1. The van der Waals surface area contributed by atoms with Gasteiger partial charge in [-0.1, -0.05) is 0 Å². The number of aromatic hydroxyl groups is 1. The zero-order valence-corrected chi connectivity index (χ0v) is 14.6. The van der Waals surface area contributed by atoms with Crippen molar-refractivity contribution in [1.29, 1.82) is 0 Å². The van der Waals surface area contributed by atoms with Crippen molar-refractivity contribution in [2.75, 3.05) is 6.54 Å². The molecule has 0 aliphatic carbocycles. The molecule has 20 heavy (non-hydrogen) atoms. The maximum absolute atomic E-state index is 12.5. The third-order valence-corrected chi connectivity index (χ3v) is 4.39. The monoisotopic (exact) mass is 500 g/mol. The van der Waals surface area contributed by atoms with E-state index in [0.29, 0.717) is 3.57 Å². The summed E-state index contributed by atoms with van der Waals surface area (Å²) in [6.45, 7) is 1.34. The van der Waals surface area contributed by atoms with Crippen molar-refractivity contribution in [1.82, 2.24) is 10.2 Å². The number of amides is 3. The fraction of sp³-hybridized carbons (Fsp3) is 0.250. The maximum Gasteiger partial charge on any atom is 0.258 e. The van der Waals surface area contributed by atoms with Crippen LogP contribution >= 0.6 is 45.2 Å². The molecular formula is C12H10I2N2O4. The molecular weight excluding hydrogens is 490 g/mol. The van der Waals surface area contributed by atoms with Crippen LogP contribution in [0.25, 0.3) is 0 Å². The number of carbonyl (C=O) groups excluding carboxylic acids is 3. The van der Waals surface area contributed by atoms with E-state index < -0.39 is 23.8 Å². The minimum Gasteiger partial charge on any atom is -0.506 e. The molecule has 2 N–H and O–H groups in total. The van der Waals surface area contributed by atoms with Gasteiger partial charge < -0.3 is 10.0 Å². The van der Waals surface area contributed by atoms with E-state index in [0.717, 1.165) is 8.47 Å². The summed E-state index contributed by atoms with van der Waals surface area (Å²) in [7, 11) is 0. The van der Waals surface area contributed by atoms with Crippen molar-refractivity contribution in [3.8, 4) is 5.75 Å². The molecule has 0 saturated carbocycles. The summed E-state index contributed by atoms with van der Waals surface area (Å²) in [5, 5.41) is 12.2. The van der Waals surface area contributed by atoms with Crippen LogP contribution in [0, 0.1) is 7.14 Å². The SMILES string of the molecule is CC1C(=O)NC(=O)CN1C(=O)c1cc(I)cc(I)c1O. The third kappa shape index (κ3) is 2.90. The highest BCUT2D eigenvalue weighted by atomic mass is 127. The van der Waals surface area contributed by atoms with Gasteiger partial charge in [-0.3, -0.25) is 19.7 Å². The van der Waals surface area contributed by atoms with E-state index in [4.69, 9.17) is 0 Å². The van der Waals surface area contributed by atoms with Gasteiger partial charge in [0.05, 0.1) is 9.13 Å². The Hall–Kier alpha value is -0.910. The van der Waals surface area contributed by atoms with Crippen molar-refractivity contribution in [3.63, 3.8) is 0 Å². The summed E-state index contributed by atoms with van der Waals surface area (Å²) < 4.78 is 1.33. The van der Waals surface area contributed by atoms with Crippen molar-refractivity contribution < 1.29 is 19.5 Å². The van der Waals surface area contributed by atoms with Crippen molar-refractivity contribution in [2.45, 2.75) is 13.0 Å². The van der Waals surface area contributed by atoms with Crippen molar-refractivity contribution in [3.05, 3.63) is 24.8 Å². The van der Waals surface area contributed by atoms with E-state index in [1.54, 1.807) is 6.07 Å². The number of hydrogen-bond acceptors (Lipinski definition) is 4. The average molecular weight is 500 g/mol. The highest BCUT2D eigenvalue weighted by Gasteiger charge is 2.35. The summed E-state index contributed by atoms with van der Waals surface area (Å²) in [6.07, 6.45) is 0. The smallest absolute Gasteiger partial charge is 0.258 e. The van der Waals surface area contributed by atoms with Gasteiger partial charge in [-0.15, -0.1) is 0 Å². The standard InChI is InChI=1S/C12H10I2N2O4/c1-5-11(19)15-9(17)4-16(5)12(20)7-2-6(13)3-8(14)10(7)18/h2-3,5,18H,4H2,1H3,(H,15,17,19). The lowest BCUT2D eigenvalue weighted by atomic mass is 10.1. The van der Waals surface area contributed by atoms with Gasteiger partial charge in [0.25, 0.3) is 5.91 Å². The molecule has 1 fully saturated rings. The number of nitrogens with zero attached hydrogens (tertiary/aromatic N) is 1. The van der Waals surface area contributed by atoms with Gasteiger partial charge in [0, 0.05) is 3.57 Å². The summed E-state index contributed by atoms with van der Waals surface area (Å²) in [5.74, 6) is -1.72. The lowest BCUT2D eigenvalue weighted by Gasteiger charge is -2.31. The third-order valence-electron chi connectivity index (χ3n) is 2.94. The Morgan fingerprint density at radius 2 is 2.05 bits per heavy atom. The molecule has 106 valence electrons. The molecule has 6 nitrogen and oxygen atoms in total. The van der Waals surface area contributed by atoms with E-state index in [9.17, 15) is 19.5 Å². The Kier molecular flexibility index (Phi) is 4.52. The molecule has 1 aliphatic heterocycles. The van der Waals surface area contributed by atoms with Crippen LogP contribution in [0.15, 0.2) is 12.1 Å². The van der Waals surface area contributed by atoms with Crippen LogP contribution in [0.3, 0.4) is 0 Å². The molecule has 1 aliphatic rings. The summed E-state index contributed by atoms with van der Waals surface area (Å²) >= 11 is 3.95. The lowest BCUT2D eigenvalue weighted by Crippen LogP contribution is -2.58. The normalized spacial score (nSPS) is 18.9. The number of halogens is 2. The molecule has 1 aromatic rings. The molecule has 1 saturated heterocycles. The molecule has 1 atom stereocenters.